The number of fused-ring (bicyclic) bond motifs is 1. The number of morpholine rings is 1. The zero-order chi connectivity index (χ0) is 26.9. The highest BCUT2D eigenvalue weighted by atomic mass is 35.5. The Morgan fingerprint density at radius 3 is 2.29 bits per heavy atom. The predicted octanol–water partition coefficient (Wildman–Crippen LogP) is 4.72. The number of carbonyl (C=O) groups is 1. The summed E-state index contributed by atoms with van der Waals surface area (Å²) in [5.74, 6) is -0.514. The third-order valence-electron chi connectivity index (χ3n) is 6.08. The van der Waals surface area contributed by atoms with Gasteiger partial charge in [-0.15, -0.1) is 0 Å². The number of sulfonamides is 1. The molecule has 0 aliphatic carbocycles. The fourth-order valence-corrected chi connectivity index (χ4v) is 6.35. The third kappa shape index (κ3) is 5.53. The van der Waals surface area contributed by atoms with E-state index in [4.69, 9.17) is 27.9 Å². The molecule has 9 nitrogen and oxygen atoms in total. The highest BCUT2D eigenvalue weighted by molar-refractivity contribution is 7.92. The molecule has 38 heavy (non-hydrogen) atoms. The molecule has 1 saturated heterocycles. The average molecular weight is 573 g/mol. The van der Waals surface area contributed by atoms with E-state index in [-0.39, 0.29) is 20.6 Å². The van der Waals surface area contributed by atoms with Crippen molar-refractivity contribution in [2.24, 2.45) is 0 Å². The Labute approximate surface area is 229 Å². The van der Waals surface area contributed by atoms with Crippen molar-refractivity contribution in [2.75, 3.05) is 42.1 Å². The van der Waals surface area contributed by atoms with Crippen LogP contribution in [0.4, 0.5) is 11.5 Å². The van der Waals surface area contributed by atoms with Gasteiger partial charge in [0.1, 0.15) is 12.4 Å². The van der Waals surface area contributed by atoms with E-state index in [0.29, 0.717) is 18.9 Å². The van der Waals surface area contributed by atoms with E-state index in [1.165, 1.54) is 18.2 Å². The summed E-state index contributed by atoms with van der Waals surface area (Å²) in [5.41, 5.74) is 1.73. The number of nitrogens with zero attached hydrogens (tertiary/aromatic N) is 4. The minimum Gasteiger partial charge on any atom is -0.480 e. The van der Waals surface area contributed by atoms with Crippen molar-refractivity contribution in [1.82, 2.24) is 9.97 Å². The number of aromatic nitrogens is 2. The zero-order valence-corrected chi connectivity index (χ0v) is 22.2. The van der Waals surface area contributed by atoms with Crippen molar-refractivity contribution < 1.29 is 23.1 Å². The maximum absolute atomic E-state index is 13.4. The van der Waals surface area contributed by atoms with Gasteiger partial charge in [-0.25, -0.2) is 13.4 Å². The molecule has 12 heteroatoms. The summed E-state index contributed by atoms with van der Waals surface area (Å²) in [6.45, 7) is 2.08. The molecule has 0 saturated carbocycles. The van der Waals surface area contributed by atoms with Crippen LogP contribution in [0.1, 0.15) is 0 Å². The van der Waals surface area contributed by atoms with Crippen LogP contribution < -0.4 is 9.21 Å². The summed E-state index contributed by atoms with van der Waals surface area (Å²) < 4.78 is 33.0. The quantitative estimate of drug-likeness (QED) is 0.338. The van der Waals surface area contributed by atoms with Gasteiger partial charge in [0, 0.05) is 28.7 Å². The number of halogens is 2. The molecule has 0 bridgehead atoms. The number of benzene rings is 3. The van der Waals surface area contributed by atoms with Gasteiger partial charge < -0.3 is 14.7 Å². The first-order chi connectivity index (χ1) is 18.2. The van der Waals surface area contributed by atoms with Crippen LogP contribution in [0.25, 0.3) is 22.0 Å². The van der Waals surface area contributed by atoms with Crippen molar-refractivity contribution in [2.45, 2.75) is 4.90 Å². The van der Waals surface area contributed by atoms with Crippen molar-refractivity contribution in [3.8, 4) is 11.3 Å². The first kappa shape index (κ1) is 26.2. The lowest BCUT2D eigenvalue weighted by Gasteiger charge is -2.27. The van der Waals surface area contributed by atoms with Crippen molar-refractivity contribution in [3.63, 3.8) is 0 Å². The van der Waals surface area contributed by atoms with Gasteiger partial charge >= 0.3 is 5.97 Å². The summed E-state index contributed by atoms with van der Waals surface area (Å²) in [7, 11) is -4.27. The van der Waals surface area contributed by atoms with E-state index >= 15 is 0 Å². The van der Waals surface area contributed by atoms with Crippen LogP contribution in [-0.2, 0) is 19.6 Å². The van der Waals surface area contributed by atoms with Gasteiger partial charge in [-0.1, -0.05) is 41.4 Å². The molecule has 196 valence electrons. The molecule has 0 spiro atoms. The van der Waals surface area contributed by atoms with Gasteiger partial charge in [-0.3, -0.25) is 14.1 Å². The summed E-state index contributed by atoms with van der Waals surface area (Å²) in [6, 6.07) is 14.4. The van der Waals surface area contributed by atoms with Crippen molar-refractivity contribution in [3.05, 3.63) is 77.0 Å². The normalized spacial score (nSPS) is 14.0. The molecule has 1 fully saturated rings. The first-order valence-corrected chi connectivity index (χ1v) is 13.8. The van der Waals surface area contributed by atoms with Crippen LogP contribution in [0.5, 0.6) is 0 Å². The lowest BCUT2D eigenvalue weighted by atomic mass is 10.0. The van der Waals surface area contributed by atoms with E-state index in [9.17, 15) is 18.3 Å². The molecule has 0 radical (unpaired) electrons. The van der Waals surface area contributed by atoms with Crippen LogP contribution in [0, 0.1) is 0 Å². The molecule has 0 atom stereocenters. The minimum atomic E-state index is -4.27. The standard InChI is InChI=1S/C26H22Cl2N4O5S/c27-20-11-21(28)13-23(12-20)38(35,36)32(16-26(33)34)22-4-3-17-9-19(2-1-18(17)10-22)24-14-30-25(15-29-24)31-5-7-37-8-6-31/h1-4,9-15H,5-8,16H2,(H,33,34). The van der Waals surface area contributed by atoms with Crippen molar-refractivity contribution in [1.29, 1.82) is 0 Å². The number of anilines is 2. The second kappa shape index (κ2) is 10.7. The van der Waals surface area contributed by atoms with Crippen LogP contribution in [0.2, 0.25) is 10.0 Å². The molecule has 3 aromatic carbocycles. The van der Waals surface area contributed by atoms with E-state index in [2.05, 4.69) is 14.9 Å². The van der Waals surface area contributed by atoms with E-state index in [1.54, 1.807) is 30.6 Å². The Balaban J connectivity index is 1.46. The first-order valence-electron chi connectivity index (χ1n) is 11.6. The number of rotatable bonds is 7. The SMILES string of the molecule is O=C(O)CN(c1ccc2cc(-c3cnc(N4CCOCC4)cn3)ccc2c1)S(=O)(=O)c1cc(Cl)cc(Cl)c1. The van der Waals surface area contributed by atoms with Crippen LogP contribution in [-0.4, -0.2) is 62.3 Å². The maximum Gasteiger partial charge on any atom is 0.324 e. The molecule has 1 aromatic heterocycles. The fourth-order valence-electron chi connectivity index (χ4n) is 4.22. The van der Waals surface area contributed by atoms with Crippen LogP contribution in [0.3, 0.4) is 0 Å². The molecule has 0 unspecified atom stereocenters. The molecular weight excluding hydrogens is 551 g/mol. The predicted molar refractivity (Wildman–Crippen MR) is 147 cm³/mol. The summed E-state index contributed by atoms with van der Waals surface area (Å²) in [6.07, 6.45) is 3.46. The molecule has 1 N–H and O–H groups in total. The molecule has 0 amide bonds. The summed E-state index contributed by atoms with van der Waals surface area (Å²) in [4.78, 5) is 22.6. The minimum absolute atomic E-state index is 0.124. The smallest absolute Gasteiger partial charge is 0.324 e. The largest absolute Gasteiger partial charge is 0.480 e. The fraction of sp³-hybridized carbons (Fsp3) is 0.192. The monoisotopic (exact) mass is 572 g/mol. The number of aliphatic carboxylic acids is 1. The molecule has 1 aliphatic rings. The van der Waals surface area contributed by atoms with Gasteiger partial charge in [-0.05, 0) is 47.2 Å². The van der Waals surface area contributed by atoms with Gasteiger partial charge in [0.2, 0.25) is 0 Å². The Kier molecular flexibility index (Phi) is 7.40. The number of carboxylic acid groups (broad SMARTS) is 1. The van der Waals surface area contributed by atoms with Crippen molar-refractivity contribution >= 4 is 61.5 Å². The summed E-state index contributed by atoms with van der Waals surface area (Å²) >= 11 is 12.0. The van der Waals surface area contributed by atoms with Gasteiger partial charge in [0.15, 0.2) is 0 Å². The van der Waals surface area contributed by atoms with Gasteiger partial charge in [0.25, 0.3) is 10.0 Å². The Morgan fingerprint density at radius 2 is 1.63 bits per heavy atom. The second-order valence-corrected chi connectivity index (χ2v) is 11.4. The third-order valence-corrected chi connectivity index (χ3v) is 8.27. The molecule has 1 aliphatic heterocycles. The number of ether oxygens (including phenoxy) is 1. The molecule has 5 rings (SSSR count). The Bertz CT molecular complexity index is 1590. The molecule has 4 aromatic rings. The molecular formula is C26H22Cl2N4O5S. The van der Waals surface area contributed by atoms with E-state index in [0.717, 1.165) is 39.5 Å². The number of hydrogen-bond acceptors (Lipinski definition) is 7. The topological polar surface area (TPSA) is 113 Å². The highest BCUT2D eigenvalue weighted by Crippen LogP contribution is 2.31. The van der Waals surface area contributed by atoms with Gasteiger partial charge in [0.05, 0.1) is 41.9 Å². The van der Waals surface area contributed by atoms with E-state index in [1.807, 2.05) is 18.2 Å². The average Bonchev–Trinajstić information content (AvgIpc) is 2.91. The lowest BCUT2D eigenvalue weighted by Crippen LogP contribution is -2.36. The van der Waals surface area contributed by atoms with Gasteiger partial charge in [-0.2, -0.15) is 0 Å². The van der Waals surface area contributed by atoms with Crippen LogP contribution in [0.15, 0.2) is 71.9 Å². The Morgan fingerprint density at radius 1 is 0.947 bits per heavy atom. The number of carboxylic acids is 1. The van der Waals surface area contributed by atoms with E-state index < -0.39 is 22.5 Å². The summed E-state index contributed by atoms with van der Waals surface area (Å²) in [5, 5.41) is 11.3. The van der Waals surface area contributed by atoms with Crippen LogP contribution >= 0.6 is 23.2 Å². The number of hydrogen-bond donors (Lipinski definition) is 1. The highest BCUT2D eigenvalue weighted by Gasteiger charge is 2.28. The Hall–Kier alpha value is -3.44. The lowest BCUT2D eigenvalue weighted by molar-refractivity contribution is -0.135. The zero-order valence-electron chi connectivity index (χ0n) is 19.9. The maximum atomic E-state index is 13.4. The molecule has 2 heterocycles. The second-order valence-electron chi connectivity index (χ2n) is 8.62.